The van der Waals surface area contributed by atoms with Gasteiger partial charge in [0.1, 0.15) is 5.75 Å². The molecule has 0 amide bonds. The fraction of sp³-hybridized carbons (Fsp3) is 0.316. The number of carbonyl (C=O) groups excluding carboxylic acids is 1. The van der Waals surface area contributed by atoms with Gasteiger partial charge in [0.2, 0.25) is 10.0 Å². The molecule has 1 aliphatic rings. The number of rotatable bonds is 6. The molecule has 2 aromatic rings. The summed E-state index contributed by atoms with van der Waals surface area (Å²) in [4.78, 5) is 13.8. The molecule has 10 heteroatoms. The van der Waals surface area contributed by atoms with E-state index in [1.807, 2.05) is 4.90 Å². The highest BCUT2D eigenvalue weighted by Crippen LogP contribution is 2.25. The van der Waals surface area contributed by atoms with Crippen molar-refractivity contribution in [2.45, 2.75) is 11.5 Å². The first-order chi connectivity index (χ1) is 13.8. The average molecular weight is 426 g/mol. The van der Waals surface area contributed by atoms with Crippen LogP contribution in [0.5, 0.6) is 5.75 Å². The summed E-state index contributed by atoms with van der Waals surface area (Å²) in [5.41, 5.74) is 0.769. The van der Waals surface area contributed by atoms with Crippen LogP contribution in [0.2, 0.25) is 0 Å². The molecule has 0 atom stereocenters. The van der Waals surface area contributed by atoms with Crippen molar-refractivity contribution in [2.24, 2.45) is 0 Å². The molecule has 0 N–H and O–H groups in total. The van der Waals surface area contributed by atoms with Gasteiger partial charge in [-0.2, -0.15) is 13.1 Å². The van der Waals surface area contributed by atoms with Gasteiger partial charge in [-0.3, -0.25) is 0 Å². The van der Waals surface area contributed by atoms with Crippen LogP contribution in [0.1, 0.15) is 10.4 Å². The van der Waals surface area contributed by atoms with Gasteiger partial charge in [0.25, 0.3) is 0 Å². The van der Waals surface area contributed by atoms with Gasteiger partial charge < -0.3 is 14.4 Å². The fourth-order valence-corrected chi connectivity index (χ4v) is 4.74. The van der Waals surface area contributed by atoms with E-state index in [1.54, 1.807) is 24.3 Å². The van der Waals surface area contributed by atoms with Crippen LogP contribution in [0.4, 0.5) is 14.5 Å². The molecule has 156 valence electrons. The minimum Gasteiger partial charge on any atom is -0.465 e. The molecule has 1 heterocycles. The number of alkyl halides is 2. The average Bonchev–Trinajstić information content (AvgIpc) is 2.73. The van der Waals surface area contributed by atoms with E-state index in [0.29, 0.717) is 13.1 Å². The number of carbonyl (C=O) groups is 1. The molecule has 0 spiro atoms. The number of hydrogen-bond acceptors (Lipinski definition) is 6. The molecular weight excluding hydrogens is 406 g/mol. The molecule has 29 heavy (non-hydrogen) atoms. The lowest BCUT2D eigenvalue weighted by atomic mass is 10.2. The monoisotopic (exact) mass is 426 g/mol. The Bertz CT molecular complexity index is 959. The van der Waals surface area contributed by atoms with Gasteiger partial charge in [-0.15, -0.1) is 0 Å². The van der Waals surface area contributed by atoms with E-state index in [-0.39, 0.29) is 29.3 Å². The van der Waals surface area contributed by atoms with Crippen LogP contribution in [-0.2, 0) is 14.8 Å². The van der Waals surface area contributed by atoms with Gasteiger partial charge >= 0.3 is 12.6 Å². The van der Waals surface area contributed by atoms with Gasteiger partial charge in [-0.25, -0.2) is 13.2 Å². The van der Waals surface area contributed by atoms with Crippen LogP contribution in [0.15, 0.2) is 53.4 Å². The third-order valence-electron chi connectivity index (χ3n) is 4.58. The van der Waals surface area contributed by atoms with Gasteiger partial charge in [0.05, 0.1) is 17.6 Å². The highest BCUT2D eigenvalue weighted by Gasteiger charge is 2.31. The number of nitrogens with zero attached hydrogens (tertiary/aromatic N) is 2. The van der Waals surface area contributed by atoms with Crippen LogP contribution in [-0.4, -0.2) is 58.6 Å². The predicted octanol–water partition coefficient (Wildman–Crippen LogP) is 2.59. The fourth-order valence-electron chi connectivity index (χ4n) is 3.13. The Morgan fingerprint density at radius 3 is 2.21 bits per heavy atom. The highest BCUT2D eigenvalue weighted by atomic mass is 32.2. The first-order valence-electron chi connectivity index (χ1n) is 8.80. The number of hydrogen-bond donors (Lipinski definition) is 0. The number of anilines is 1. The van der Waals surface area contributed by atoms with Crippen molar-refractivity contribution in [3.63, 3.8) is 0 Å². The molecule has 1 aliphatic heterocycles. The number of ether oxygens (including phenoxy) is 2. The van der Waals surface area contributed by atoms with Crippen LogP contribution in [0.25, 0.3) is 0 Å². The second-order valence-corrected chi connectivity index (χ2v) is 8.16. The van der Waals surface area contributed by atoms with E-state index in [1.165, 1.54) is 35.7 Å². The van der Waals surface area contributed by atoms with Gasteiger partial charge in [-0.1, -0.05) is 12.1 Å². The highest BCUT2D eigenvalue weighted by molar-refractivity contribution is 7.89. The summed E-state index contributed by atoms with van der Waals surface area (Å²) >= 11 is 0. The third kappa shape index (κ3) is 4.65. The maximum absolute atomic E-state index is 13.0. The molecule has 0 unspecified atom stereocenters. The van der Waals surface area contributed by atoms with Crippen molar-refractivity contribution in [3.8, 4) is 5.75 Å². The van der Waals surface area contributed by atoms with Gasteiger partial charge in [-0.05, 0) is 36.4 Å². The summed E-state index contributed by atoms with van der Waals surface area (Å²) in [6, 6.07) is 12.1. The molecule has 0 aromatic heterocycles. The van der Waals surface area contributed by atoms with Gasteiger partial charge in [0, 0.05) is 31.9 Å². The first-order valence-corrected chi connectivity index (χ1v) is 10.2. The zero-order chi connectivity index (χ0) is 21.0. The third-order valence-corrected chi connectivity index (χ3v) is 6.53. The molecule has 1 fully saturated rings. The summed E-state index contributed by atoms with van der Waals surface area (Å²) in [6.07, 6.45) is 0. The quantitative estimate of drug-likeness (QED) is 0.661. The Morgan fingerprint density at radius 1 is 1.00 bits per heavy atom. The summed E-state index contributed by atoms with van der Waals surface area (Å²) in [6.45, 7) is -1.63. The number of halogens is 2. The van der Waals surface area contributed by atoms with Crippen molar-refractivity contribution < 1.29 is 31.5 Å². The molecule has 1 saturated heterocycles. The minimum absolute atomic E-state index is 0.00736. The van der Waals surface area contributed by atoms with E-state index in [0.717, 1.165) is 5.69 Å². The van der Waals surface area contributed by atoms with E-state index in [4.69, 9.17) is 0 Å². The number of piperazine rings is 1. The Hall–Kier alpha value is -2.72. The molecular formula is C19H20F2N2O5S. The maximum Gasteiger partial charge on any atom is 0.387 e. The minimum atomic E-state index is -3.87. The summed E-state index contributed by atoms with van der Waals surface area (Å²) in [5, 5.41) is 0. The predicted molar refractivity (Wildman–Crippen MR) is 102 cm³/mol. The number of methoxy groups -OCH3 is 1. The Kier molecular flexibility index (Phi) is 6.33. The van der Waals surface area contributed by atoms with Crippen molar-refractivity contribution in [3.05, 3.63) is 54.1 Å². The Balaban J connectivity index is 1.71. The second kappa shape index (κ2) is 8.75. The van der Waals surface area contributed by atoms with E-state index in [2.05, 4.69) is 9.47 Å². The van der Waals surface area contributed by atoms with E-state index < -0.39 is 22.6 Å². The second-order valence-electron chi connectivity index (χ2n) is 6.25. The van der Waals surface area contributed by atoms with Crippen molar-refractivity contribution in [2.75, 3.05) is 38.2 Å². The standard InChI is InChI=1S/C19H20F2N2O5S/c1-27-18(24)16-4-2-3-5-17(16)29(25,26)23-12-10-22(11-13-23)14-6-8-15(9-7-14)28-19(20)21/h2-9,19H,10-13H2,1H3. The van der Waals surface area contributed by atoms with E-state index >= 15 is 0 Å². The van der Waals surface area contributed by atoms with Crippen molar-refractivity contribution in [1.82, 2.24) is 4.31 Å². The molecule has 0 radical (unpaired) electrons. The smallest absolute Gasteiger partial charge is 0.387 e. The molecule has 0 saturated carbocycles. The molecule has 7 nitrogen and oxygen atoms in total. The van der Waals surface area contributed by atoms with Gasteiger partial charge in [0.15, 0.2) is 0 Å². The Morgan fingerprint density at radius 2 is 1.62 bits per heavy atom. The van der Waals surface area contributed by atoms with Crippen LogP contribution in [0.3, 0.4) is 0 Å². The SMILES string of the molecule is COC(=O)c1ccccc1S(=O)(=O)N1CCN(c2ccc(OC(F)F)cc2)CC1. The number of esters is 1. The molecule has 0 bridgehead atoms. The maximum atomic E-state index is 13.0. The van der Waals surface area contributed by atoms with Crippen molar-refractivity contribution in [1.29, 1.82) is 0 Å². The summed E-state index contributed by atoms with van der Waals surface area (Å²) in [7, 11) is -2.67. The lowest BCUT2D eigenvalue weighted by Gasteiger charge is -2.35. The number of sulfonamides is 1. The topological polar surface area (TPSA) is 76.2 Å². The van der Waals surface area contributed by atoms with Crippen LogP contribution < -0.4 is 9.64 Å². The Labute approximate surface area is 167 Å². The van der Waals surface area contributed by atoms with Crippen LogP contribution >= 0.6 is 0 Å². The van der Waals surface area contributed by atoms with Crippen LogP contribution in [0, 0.1) is 0 Å². The van der Waals surface area contributed by atoms with Crippen molar-refractivity contribution >= 4 is 21.7 Å². The lowest BCUT2D eigenvalue weighted by Crippen LogP contribution is -2.48. The zero-order valence-electron chi connectivity index (χ0n) is 15.6. The molecule has 3 rings (SSSR count). The summed E-state index contributed by atoms with van der Waals surface area (Å²) < 4.78 is 60.9. The lowest BCUT2D eigenvalue weighted by molar-refractivity contribution is -0.0498. The zero-order valence-corrected chi connectivity index (χ0v) is 16.4. The normalized spacial score (nSPS) is 15.4. The molecule has 0 aliphatic carbocycles. The summed E-state index contributed by atoms with van der Waals surface area (Å²) in [5.74, 6) is -0.654. The van der Waals surface area contributed by atoms with E-state index in [9.17, 15) is 22.0 Å². The first kappa shape index (κ1) is 21.0. The number of benzene rings is 2. The molecule has 2 aromatic carbocycles. The largest absolute Gasteiger partial charge is 0.465 e.